The molecule has 5 nitrogen and oxygen atoms in total. The summed E-state index contributed by atoms with van der Waals surface area (Å²) >= 11 is 0. The summed E-state index contributed by atoms with van der Waals surface area (Å²) in [4.78, 5) is 14.7. The van der Waals surface area contributed by atoms with Crippen molar-refractivity contribution in [3.63, 3.8) is 0 Å². The first kappa shape index (κ1) is 18.4. The molecule has 124 valence electrons. The van der Waals surface area contributed by atoms with E-state index in [1.54, 1.807) is 7.11 Å². The van der Waals surface area contributed by atoms with Gasteiger partial charge in [-0.15, -0.1) is 0 Å². The quantitative estimate of drug-likeness (QED) is 0.693. The molecule has 1 rings (SSSR count). The van der Waals surface area contributed by atoms with Crippen LogP contribution in [-0.4, -0.2) is 61.9 Å². The van der Waals surface area contributed by atoms with Crippen molar-refractivity contribution < 1.29 is 14.3 Å². The second-order valence-corrected chi connectivity index (χ2v) is 6.40. The molecule has 1 fully saturated rings. The molecule has 0 heterocycles. The second-order valence-electron chi connectivity index (χ2n) is 6.40. The Kier molecular flexibility index (Phi) is 7.10. The van der Waals surface area contributed by atoms with Crippen LogP contribution >= 0.6 is 0 Å². The van der Waals surface area contributed by atoms with E-state index in [4.69, 9.17) is 9.47 Å². The summed E-state index contributed by atoms with van der Waals surface area (Å²) < 4.78 is 10.3. The number of esters is 1. The molecule has 0 aliphatic heterocycles. The summed E-state index contributed by atoms with van der Waals surface area (Å²) in [6, 6.07) is 1.01. The van der Waals surface area contributed by atoms with Gasteiger partial charge in [0.2, 0.25) is 0 Å². The molecule has 21 heavy (non-hydrogen) atoms. The molecule has 0 aromatic heterocycles. The SMILES string of the molecule is CCN(C(C)COC)C1CCC(NC(C)C)(C(=O)OC)C1. The van der Waals surface area contributed by atoms with Gasteiger partial charge in [0.1, 0.15) is 5.54 Å². The lowest BCUT2D eigenvalue weighted by Crippen LogP contribution is -2.55. The van der Waals surface area contributed by atoms with Crippen molar-refractivity contribution in [1.82, 2.24) is 10.2 Å². The number of rotatable bonds is 8. The van der Waals surface area contributed by atoms with E-state index < -0.39 is 5.54 Å². The van der Waals surface area contributed by atoms with Gasteiger partial charge in [-0.2, -0.15) is 0 Å². The van der Waals surface area contributed by atoms with Gasteiger partial charge in [-0.05, 0) is 46.6 Å². The highest BCUT2D eigenvalue weighted by atomic mass is 16.5. The van der Waals surface area contributed by atoms with Crippen molar-refractivity contribution >= 4 is 5.97 Å². The number of nitrogens with zero attached hydrogens (tertiary/aromatic N) is 1. The van der Waals surface area contributed by atoms with E-state index in [0.29, 0.717) is 18.7 Å². The number of ether oxygens (including phenoxy) is 2. The van der Waals surface area contributed by atoms with Crippen molar-refractivity contribution in [2.75, 3.05) is 27.4 Å². The van der Waals surface area contributed by atoms with Crippen molar-refractivity contribution in [3.8, 4) is 0 Å². The third kappa shape index (κ3) is 4.41. The molecule has 3 unspecified atom stereocenters. The van der Waals surface area contributed by atoms with Crippen LogP contribution in [0.4, 0.5) is 0 Å². The van der Waals surface area contributed by atoms with Crippen LogP contribution in [0.25, 0.3) is 0 Å². The van der Waals surface area contributed by atoms with Gasteiger partial charge >= 0.3 is 5.97 Å². The molecule has 5 heteroatoms. The minimum absolute atomic E-state index is 0.130. The standard InChI is InChI=1S/C16H32N2O3/c1-7-18(13(4)11-20-5)14-8-9-16(10-14,15(19)21-6)17-12(2)3/h12-14,17H,7-11H2,1-6H3. The summed E-state index contributed by atoms with van der Waals surface area (Å²) in [5.41, 5.74) is -0.534. The van der Waals surface area contributed by atoms with Crippen molar-refractivity contribution in [1.29, 1.82) is 0 Å². The lowest BCUT2D eigenvalue weighted by molar-refractivity contribution is -0.149. The maximum Gasteiger partial charge on any atom is 0.326 e. The first-order valence-corrected chi connectivity index (χ1v) is 8.01. The molecule has 1 N–H and O–H groups in total. The number of likely N-dealkylation sites (N-methyl/N-ethyl adjacent to an activating group) is 1. The summed E-state index contributed by atoms with van der Waals surface area (Å²) in [5, 5.41) is 3.45. The Morgan fingerprint density at radius 1 is 1.38 bits per heavy atom. The maximum atomic E-state index is 12.3. The van der Waals surface area contributed by atoms with Crippen LogP contribution in [0.15, 0.2) is 0 Å². The average molecular weight is 300 g/mol. The Bertz CT molecular complexity index is 335. The number of methoxy groups -OCH3 is 2. The summed E-state index contributed by atoms with van der Waals surface area (Å²) in [6.45, 7) is 10.2. The van der Waals surface area contributed by atoms with Gasteiger partial charge in [0.25, 0.3) is 0 Å². The van der Waals surface area contributed by atoms with E-state index in [9.17, 15) is 4.79 Å². The van der Waals surface area contributed by atoms with Gasteiger partial charge in [0.15, 0.2) is 0 Å². The maximum absolute atomic E-state index is 12.3. The zero-order chi connectivity index (χ0) is 16.0. The van der Waals surface area contributed by atoms with E-state index in [1.807, 2.05) is 0 Å². The predicted octanol–water partition coefficient (Wildman–Crippen LogP) is 1.81. The largest absolute Gasteiger partial charge is 0.468 e. The zero-order valence-corrected chi connectivity index (χ0v) is 14.4. The summed E-state index contributed by atoms with van der Waals surface area (Å²) in [6.07, 6.45) is 2.65. The van der Waals surface area contributed by atoms with Crippen LogP contribution in [0, 0.1) is 0 Å². The van der Waals surface area contributed by atoms with Gasteiger partial charge in [0, 0.05) is 25.2 Å². The van der Waals surface area contributed by atoms with E-state index in [1.165, 1.54) is 7.11 Å². The van der Waals surface area contributed by atoms with Crippen LogP contribution in [0.1, 0.15) is 47.0 Å². The van der Waals surface area contributed by atoms with E-state index >= 15 is 0 Å². The van der Waals surface area contributed by atoms with E-state index in [2.05, 4.69) is 37.9 Å². The molecule has 0 saturated heterocycles. The minimum Gasteiger partial charge on any atom is -0.468 e. The van der Waals surface area contributed by atoms with Crippen LogP contribution in [0.2, 0.25) is 0 Å². The molecule has 0 spiro atoms. The van der Waals surface area contributed by atoms with Gasteiger partial charge in [0.05, 0.1) is 13.7 Å². The van der Waals surface area contributed by atoms with Crippen LogP contribution in [0.3, 0.4) is 0 Å². The Labute approximate surface area is 129 Å². The van der Waals surface area contributed by atoms with Crippen molar-refractivity contribution in [2.24, 2.45) is 0 Å². The molecule has 3 atom stereocenters. The predicted molar refractivity (Wildman–Crippen MR) is 84.4 cm³/mol. The summed E-state index contributed by atoms with van der Waals surface area (Å²) in [5.74, 6) is -0.130. The topological polar surface area (TPSA) is 50.8 Å². The number of carbonyl (C=O) groups is 1. The van der Waals surface area contributed by atoms with Crippen molar-refractivity contribution in [2.45, 2.75) is 70.6 Å². The fraction of sp³-hybridized carbons (Fsp3) is 0.938. The third-order valence-electron chi connectivity index (χ3n) is 4.44. The highest BCUT2D eigenvalue weighted by Crippen LogP contribution is 2.35. The fourth-order valence-corrected chi connectivity index (χ4v) is 3.69. The molecule has 0 aromatic rings. The Morgan fingerprint density at radius 3 is 2.52 bits per heavy atom. The van der Waals surface area contributed by atoms with E-state index in [0.717, 1.165) is 25.8 Å². The monoisotopic (exact) mass is 300 g/mol. The molecular weight excluding hydrogens is 268 g/mol. The highest BCUT2D eigenvalue weighted by molar-refractivity contribution is 5.81. The number of hydrogen-bond donors (Lipinski definition) is 1. The number of nitrogens with one attached hydrogen (secondary N) is 1. The average Bonchev–Trinajstić information content (AvgIpc) is 2.83. The van der Waals surface area contributed by atoms with Crippen molar-refractivity contribution in [3.05, 3.63) is 0 Å². The van der Waals surface area contributed by atoms with Crippen LogP contribution in [-0.2, 0) is 14.3 Å². The molecular formula is C16H32N2O3. The fourth-order valence-electron chi connectivity index (χ4n) is 3.69. The number of hydrogen-bond acceptors (Lipinski definition) is 5. The Balaban J connectivity index is 2.83. The van der Waals surface area contributed by atoms with Gasteiger partial charge in [-0.1, -0.05) is 6.92 Å². The van der Waals surface area contributed by atoms with Crippen LogP contribution in [0.5, 0.6) is 0 Å². The normalized spacial score (nSPS) is 27.3. The first-order valence-electron chi connectivity index (χ1n) is 8.01. The second kappa shape index (κ2) is 8.11. The lowest BCUT2D eigenvalue weighted by Gasteiger charge is -2.35. The molecule has 0 radical (unpaired) electrons. The Morgan fingerprint density at radius 2 is 2.05 bits per heavy atom. The van der Waals surface area contributed by atoms with Gasteiger partial charge < -0.3 is 9.47 Å². The van der Waals surface area contributed by atoms with E-state index in [-0.39, 0.29) is 12.0 Å². The molecule has 0 amide bonds. The Hall–Kier alpha value is -0.650. The molecule has 1 aliphatic rings. The lowest BCUT2D eigenvalue weighted by atomic mass is 9.95. The smallest absolute Gasteiger partial charge is 0.326 e. The summed E-state index contributed by atoms with van der Waals surface area (Å²) in [7, 11) is 3.21. The number of carbonyl (C=O) groups excluding carboxylic acids is 1. The highest BCUT2D eigenvalue weighted by Gasteiger charge is 2.48. The third-order valence-corrected chi connectivity index (χ3v) is 4.44. The first-order chi connectivity index (χ1) is 9.90. The van der Waals surface area contributed by atoms with Crippen LogP contribution < -0.4 is 5.32 Å². The van der Waals surface area contributed by atoms with Gasteiger partial charge in [-0.25, -0.2) is 0 Å². The molecule has 0 aromatic carbocycles. The molecule has 1 saturated carbocycles. The zero-order valence-electron chi connectivity index (χ0n) is 14.4. The molecule has 1 aliphatic carbocycles. The minimum atomic E-state index is -0.534. The molecule has 0 bridgehead atoms. The van der Waals surface area contributed by atoms with Gasteiger partial charge in [-0.3, -0.25) is 15.0 Å².